The molecule has 1 aliphatic rings. The van der Waals surface area contributed by atoms with Crippen LogP contribution < -0.4 is 9.64 Å². The largest absolute Gasteiger partial charge is 0.482 e. The van der Waals surface area contributed by atoms with Crippen LogP contribution in [0.3, 0.4) is 0 Å². The van der Waals surface area contributed by atoms with E-state index in [9.17, 15) is 9.59 Å². The number of esters is 1. The van der Waals surface area contributed by atoms with Crippen LogP contribution in [0.15, 0.2) is 59.1 Å². The van der Waals surface area contributed by atoms with E-state index in [1.807, 2.05) is 30.3 Å². The molecule has 0 bridgehead atoms. The SMILES string of the molecule is CC(OC(=O)COc1cccc(Br)c1)C(=O)N1CCN(c2ccccc2)CC1. The third kappa shape index (κ3) is 5.48. The molecule has 0 spiro atoms. The fourth-order valence-electron chi connectivity index (χ4n) is 3.06. The molecule has 0 aliphatic carbocycles. The summed E-state index contributed by atoms with van der Waals surface area (Å²) >= 11 is 3.34. The number of para-hydroxylation sites is 1. The summed E-state index contributed by atoms with van der Waals surface area (Å²) in [6.45, 7) is 4.07. The maximum absolute atomic E-state index is 12.6. The molecule has 0 saturated carbocycles. The van der Waals surface area contributed by atoms with Crippen LogP contribution in [-0.4, -0.2) is 55.7 Å². The number of amides is 1. The Bertz CT molecular complexity index is 807. The van der Waals surface area contributed by atoms with Gasteiger partial charge in [-0.05, 0) is 37.3 Å². The highest BCUT2D eigenvalue weighted by atomic mass is 79.9. The molecule has 1 saturated heterocycles. The molecule has 1 aliphatic heterocycles. The minimum Gasteiger partial charge on any atom is -0.482 e. The highest BCUT2D eigenvalue weighted by Gasteiger charge is 2.27. The van der Waals surface area contributed by atoms with E-state index >= 15 is 0 Å². The van der Waals surface area contributed by atoms with Crippen LogP contribution in [0.1, 0.15) is 6.92 Å². The summed E-state index contributed by atoms with van der Waals surface area (Å²) in [5.74, 6) is -0.186. The molecule has 1 amide bonds. The number of nitrogens with zero attached hydrogens (tertiary/aromatic N) is 2. The summed E-state index contributed by atoms with van der Waals surface area (Å²) in [6, 6.07) is 17.3. The smallest absolute Gasteiger partial charge is 0.344 e. The minimum atomic E-state index is -0.832. The fourth-order valence-corrected chi connectivity index (χ4v) is 3.44. The highest BCUT2D eigenvalue weighted by molar-refractivity contribution is 9.10. The molecule has 0 N–H and O–H groups in total. The third-order valence-electron chi connectivity index (χ3n) is 4.52. The zero-order valence-electron chi connectivity index (χ0n) is 15.7. The average Bonchev–Trinajstić information content (AvgIpc) is 2.72. The van der Waals surface area contributed by atoms with Crippen molar-refractivity contribution in [3.63, 3.8) is 0 Å². The fraction of sp³-hybridized carbons (Fsp3) is 0.333. The van der Waals surface area contributed by atoms with Gasteiger partial charge in [-0.2, -0.15) is 0 Å². The van der Waals surface area contributed by atoms with E-state index in [2.05, 4.69) is 33.0 Å². The van der Waals surface area contributed by atoms with Crippen molar-refractivity contribution >= 4 is 33.5 Å². The van der Waals surface area contributed by atoms with Gasteiger partial charge < -0.3 is 19.3 Å². The number of hydrogen-bond donors (Lipinski definition) is 0. The second kappa shape index (κ2) is 9.59. The summed E-state index contributed by atoms with van der Waals surface area (Å²) < 4.78 is 11.5. The Labute approximate surface area is 173 Å². The average molecular weight is 447 g/mol. The van der Waals surface area contributed by atoms with Crippen molar-refractivity contribution in [2.24, 2.45) is 0 Å². The van der Waals surface area contributed by atoms with Crippen LogP contribution in [0.5, 0.6) is 5.75 Å². The molecule has 148 valence electrons. The molecule has 1 atom stereocenters. The standard InChI is InChI=1S/C21H23BrN2O4/c1-16(28-20(25)15-27-19-9-5-6-17(22)14-19)21(26)24-12-10-23(11-13-24)18-7-3-2-4-8-18/h2-9,14,16H,10-13,15H2,1H3. The first-order valence-corrected chi connectivity index (χ1v) is 9.99. The Kier molecular flexibility index (Phi) is 6.92. The molecule has 28 heavy (non-hydrogen) atoms. The lowest BCUT2D eigenvalue weighted by molar-refractivity contribution is -0.160. The number of rotatable bonds is 6. The number of carbonyl (C=O) groups is 2. The molecule has 2 aromatic carbocycles. The number of halogens is 1. The van der Waals surface area contributed by atoms with E-state index < -0.39 is 12.1 Å². The Hall–Kier alpha value is -2.54. The normalized spacial score (nSPS) is 15.1. The zero-order valence-corrected chi connectivity index (χ0v) is 17.3. The Morgan fingerprint density at radius 3 is 2.43 bits per heavy atom. The number of carbonyl (C=O) groups excluding carboxylic acids is 2. The van der Waals surface area contributed by atoms with Gasteiger partial charge in [0.1, 0.15) is 5.75 Å². The van der Waals surface area contributed by atoms with Gasteiger partial charge in [0, 0.05) is 36.3 Å². The first-order valence-electron chi connectivity index (χ1n) is 9.19. The molecule has 6 nitrogen and oxygen atoms in total. The highest BCUT2D eigenvalue weighted by Crippen LogP contribution is 2.18. The van der Waals surface area contributed by atoms with E-state index in [4.69, 9.17) is 9.47 Å². The second-order valence-corrected chi connectivity index (χ2v) is 7.44. The molecule has 1 fully saturated rings. The van der Waals surface area contributed by atoms with Crippen molar-refractivity contribution in [2.45, 2.75) is 13.0 Å². The van der Waals surface area contributed by atoms with Gasteiger partial charge in [0.15, 0.2) is 12.7 Å². The van der Waals surface area contributed by atoms with E-state index in [0.717, 1.165) is 23.2 Å². The van der Waals surface area contributed by atoms with Crippen molar-refractivity contribution in [1.82, 2.24) is 4.90 Å². The molecule has 1 heterocycles. The van der Waals surface area contributed by atoms with Crippen molar-refractivity contribution in [3.05, 3.63) is 59.1 Å². The quantitative estimate of drug-likeness (QED) is 0.638. The first-order chi connectivity index (χ1) is 13.5. The van der Waals surface area contributed by atoms with Crippen molar-refractivity contribution < 1.29 is 19.1 Å². The number of hydrogen-bond acceptors (Lipinski definition) is 5. The van der Waals surface area contributed by atoms with Gasteiger partial charge in [-0.3, -0.25) is 4.79 Å². The number of anilines is 1. The number of piperazine rings is 1. The molecule has 0 radical (unpaired) electrons. The molecular weight excluding hydrogens is 424 g/mol. The predicted octanol–water partition coefficient (Wildman–Crippen LogP) is 3.11. The van der Waals surface area contributed by atoms with Gasteiger partial charge in [0.2, 0.25) is 0 Å². The second-order valence-electron chi connectivity index (χ2n) is 6.53. The Morgan fingerprint density at radius 2 is 1.75 bits per heavy atom. The molecule has 2 aromatic rings. The van der Waals surface area contributed by atoms with Crippen LogP contribution in [0, 0.1) is 0 Å². The van der Waals surface area contributed by atoms with Crippen LogP contribution in [-0.2, 0) is 14.3 Å². The summed E-state index contributed by atoms with van der Waals surface area (Å²) in [5.41, 5.74) is 1.15. The topological polar surface area (TPSA) is 59.1 Å². The van der Waals surface area contributed by atoms with E-state index in [1.165, 1.54) is 0 Å². The van der Waals surface area contributed by atoms with E-state index in [0.29, 0.717) is 18.8 Å². The maximum atomic E-state index is 12.6. The molecule has 0 aromatic heterocycles. The Morgan fingerprint density at radius 1 is 1.04 bits per heavy atom. The van der Waals surface area contributed by atoms with Gasteiger partial charge in [-0.1, -0.05) is 40.2 Å². The van der Waals surface area contributed by atoms with Crippen molar-refractivity contribution in [2.75, 3.05) is 37.7 Å². The summed E-state index contributed by atoms with van der Waals surface area (Å²) in [6.07, 6.45) is -0.832. The van der Waals surface area contributed by atoms with Gasteiger partial charge in [0.05, 0.1) is 0 Å². The number of ether oxygens (including phenoxy) is 2. The summed E-state index contributed by atoms with van der Waals surface area (Å²) in [5, 5.41) is 0. The summed E-state index contributed by atoms with van der Waals surface area (Å²) in [4.78, 5) is 28.6. The van der Waals surface area contributed by atoms with Crippen LogP contribution in [0.25, 0.3) is 0 Å². The van der Waals surface area contributed by atoms with Gasteiger partial charge in [-0.25, -0.2) is 4.79 Å². The third-order valence-corrected chi connectivity index (χ3v) is 5.01. The number of benzene rings is 2. The maximum Gasteiger partial charge on any atom is 0.344 e. The molecule has 7 heteroatoms. The first kappa shape index (κ1) is 20.2. The molecular formula is C21H23BrN2O4. The molecule has 1 unspecified atom stereocenters. The lowest BCUT2D eigenvalue weighted by Crippen LogP contribution is -2.51. The Balaban J connectivity index is 1.43. The van der Waals surface area contributed by atoms with Crippen molar-refractivity contribution in [1.29, 1.82) is 0 Å². The van der Waals surface area contributed by atoms with Crippen LogP contribution in [0.4, 0.5) is 5.69 Å². The van der Waals surface area contributed by atoms with E-state index in [1.54, 1.807) is 24.0 Å². The van der Waals surface area contributed by atoms with Gasteiger partial charge in [0.25, 0.3) is 5.91 Å². The zero-order chi connectivity index (χ0) is 19.9. The summed E-state index contributed by atoms with van der Waals surface area (Å²) in [7, 11) is 0. The van der Waals surface area contributed by atoms with Crippen molar-refractivity contribution in [3.8, 4) is 5.75 Å². The minimum absolute atomic E-state index is 0.177. The predicted molar refractivity (Wildman–Crippen MR) is 110 cm³/mol. The molecule has 3 rings (SSSR count). The van der Waals surface area contributed by atoms with Gasteiger partial charge >= 0.3 is 5.97 Å². The van der Waals surface area contributed by atoms with E-state index in [-0.39, 0.29) is 12.5 Å². The lowest BCUT2D eigenvalue weighted by atomic mass is 10.2. The van der Waals surface area contributed by atoms with Gasteiger partial charge in [-0.15, -0.1) is 0 Å². The van der Waals surface area contributed by atoms with Crippen LogP contribution >= 0.6 is 15.9 Å². The lowest BCUT2D eigenvalue weighted by Gasteiger charge is -2.37. The van der Waals surface area contributed by atoms with Crippen LogP contribution in [0.2, 0.25) is 0 Å². The monoisotopic (exact) mass is 446 g/mol.